The van der Waals surface area contributed by atoms with Gasteiger partial charge in [0, 0.05) is 18.5 Å². The number of nitro groups is 1. The van der Waals surface area contributed by atoms with Gasteiger partial charge in [0.25, 0.3) is 5.69 Å². The molecule has 0 unspecified atom stereocenters. The van der Waals surface area contributed by atoms with E-state index in [0.29, 0.717) is 5.56 Å². The van der Waals surface area contributed by atoms with Crippen LogP contribution in [-0.4, -0.2) is 26.0 Å². The van der Waals surface area contributed by atoms with Crippen molar-refractivity contribution in [3.8, 4) is 11.8 Å². The molecule has 0 fully saturated rings. The van der Waals surface area contributed by atoms with Crippen LogP contribution in [0.3, 0.4) is 0 Å². The molecule has 1 N–H and O–H groups in total. The minimum absolute atomic E-state index is 0.0758. The zero-order valence-electron chi connectivity index (χ0n) is 10.3. The van der Waals surface area contributed by atoms with Crippen LogP contribution in [0, 0.1) is 17.0 Å². The molecule has 0 aliphatic rings. The summed E-state index contributed by atoms with van der Waals surface area (Å²) in [6.45, 7) is 1.54. The molecule has 2 aromatic rings. The highest BCUT2D eigenvalue weighted by molar-refractivity contribution is 5.86. The summed E-state index contributed by atoms with van der Waals surface area (Å²) in [4.78, 5) is 28.4. The molecule has 1 heterocycles. The Morgan fingerprint density at radius 1 is 1.35 bits per heavy atom. The number of carbonyl (C=O) groups is 1. The van der Waals surface area contributed by atoms with Crippen molar-refractivity contribution in [1.82, 2.24) is 9.97 Å². The highest BCUT2D eigenvalue weighted by Crippen LogP contribution is 2.29. The Morgan fingerprint density at radius 3 is 2.55 bits per heavy atom. The summed E-state index contributed by atoms with van der Waals surface area (Å²) >= 11 is 0. The smallest absolute Gasteiger partial charge is 0.338 e. The van der Waals surface area contributed by atoms with Gasteiger partial charge in [-0.3, -0.25) is 10.1 Å². The highest BCUT2D eigenvalue weighted by Gasteiger charge is 2.15. The van der Waals surface area contributed by atoms with Crippen LogP contribution in [0.2, 0.25) is 0 Å². The average molecular weight is 275 g/mol. The predicted molar refractivity (Wildman–Crippen MR) is 66.9 cm³/mol. The van der Waals surface area contributed by atoms with Crippen LogP contribution in [0.25, 0.3) is 0 Å². The maximum absolute atomic E-state index is 10.8. The van der Waals surface area contributed by atoms with E-state index in [0.717, 1.165) is 12.4 Å². The highest BCUT2D eigenvalue weighted by atomic mass is 16.6. The molecule has 8 heteroatoms. The van der Waals surface area contributed by atoms with Gasteiger partial charge in [0.1, 0.15) is 5.75 Å². The third kappa shape index (κ3) is 2.69. The van der Waals surface area contributed by atoms with Crippen LogP contribution in [0.4, 0.5) is 5.69 Å². The molecule has 0 saturated carbocycles. The van der Waals surface area contributed by atoms with E-state index in [1.165, 1.54) is 18.2 Å². The standard InChI is InChI=1S/C12H9N3O5/c1-7-9(15(18)19)3-2-4-10(7)20-12-13-5-8(6-14-12)11(16)17/h2-6H,1H3,(H,16,17). The van der Waals surface area contributed by atoms with E-state index >= 15 is 0 Å². The lowest BCUT2D eigenvalue weighted by atomic mass is 10.2. The van der Waals surface area contributed by atoms with E-state index < -0.39 is 10.9 Å². The Bertz CT molecular complexity index is 669. The maximum Gasteiger partial charge on any atom is 0.338 e. The molecule has 20 heavy (non-hydrogen) atoms. The Labute approximate surface area is 112 Å². The molecule has 0 spiro atoms. The van der Waals surface area contributed by atoms with Gasteiger partial charge in [0.15, 0.2) is 0 Å². The molecule has 2 rings (SSSR count). The Kier molecular flexibility index (Phi) is 3.56. The average Bonchev–Trinajstić information content (AvgIpc) is 2.41. The lowest BCUT2D eigenvalue weighted by Gasteiger charge is -2.06. The van der Waals surface area contributed by atoms with E-state index in [1.807, 2.05) is 0 Å². The summed E-state index contributed by atoms with van der Waals surface area (Å²) in [5, 5.41) is 19.5. The van der Waals surface area contributed by atoms with Gasteiger partial charge in [-0.25, -0.2) is 14.8 Å². The SMILES string of the molecule is Cc1c(Oc2ncc(C(=O)O)cn2)cccc1[N+](=O)[O-]. The molecule has 0 bridgehead atoms. The number of hydrogen-bond acceptors (Lipinski definition) is 6. The van der Waals surface area contributed by atoms with Crippen molar-refractivity contribution in [1.29, 1.82) is 0 Å². The molecule has 0 radical (unpaired) electrons. The third-order valence-electron chi connectivity index (χ3n) is 2.53. The number of carboxylic acids is 1. The second-order valence-electron chi connectivity index (χ2n) is 3.82. The summed E-state index contributed by atoms with van der Waals surface area (Å²) in [5.74, 6) is -0.912. The molecule has 0 aliphatic heterocycles. The van der Waals surface area contributed by atoms with Gasteiger partial charge in [0.05, 0.1) is 16.1 Å². The number of rotatable bonds is 4. The number of hydrogen-bond donors (Lipinski definition) is 1. The summed E-state index contributed by atoms with van der Waals surface area (Å²) in [5.41, 5.74) is 0.182. The van der Waals surface area contributed by atoms with Gasteiger partial charge in [-0.15, -0.1) is 0 Å². The Balaban J connectivity index is 2.28. The minimum atomic E-state index is -1.15. The fourth-order valence-electron chi connectivity index (χ4n) is 1.49. The molecule has 102 valence electrons. The van der Waals surface area contributed by atoms with E-state index in [2.05, 4.69) is 9.97 Å². The zero-order chi connectivity index (χ0) is 14.7. The van der Waals surface area contributed by atoms with Crippen molar-refractivity contribution < 1.29 is 19.6 Å². The van der Waals surface area contributed by atoms with Gasteiger partial charge in [-0.05, 0) is 13.0 Å². The molecule has 0 amide bonds. The van der Waals surface area contributed by atoms with Gasteiger partial charge < -0.3 is 9.84 Å². The summed E-state index contributed by atoms with van der Waals surface area (Å²) in [7, 11) is 0. The second kappa shape index (κ2) is 5.31. The topological polar surface area (TPSA) is 115 Å². The maximum atomic E-state index is 10.8. The predicted octanol–water partition coefficient (Wildman–Crippen LogP) is 2.18. The number of benzene rings is 1. The Morgan fingerprint density at radius 2 is 2.00 bits per heavy atom. The molecular weight excluding hydrogens is 266 g/mol. The molecule has 0 aliphatic carbocycles. The van der Waals surface area contributed by atoms with Crippen LogP contribution >= 0.6 is 0 Å². The fraction of sp³-hybridized carbons (Fsp3) is 0.0833. The number of carboxylic acid groups (broad SMARTS) is 1. The van der Waals surface area contributed by atoms with Gasteiger partial charge >= 0.3 is 12.0 Å². The third-order valence-corrected chi connectivity index (χ3v) is 2.53. The molecule has 0 saturated heterocycles. The molecule has 0 atom stereocenters. The van der Waals surface area contributed by atoms with Crippen molar-refractivity contribution >= 4 is 11.7 Å². The first-order valence-corrected chi connectivity index (χ1v) is 5.46. The molecular formula is C12H9N3O5. The van der Waals surface area contributed by atoms with E-state index in [-0.39, 0.29) is 23.0 Å². The van der Waals surface area contributed by atoms with Gasteiger partial charge in [-0.1, -0.05) is 6.07 Å². The van der Waals surface area contributed by atoms with E-state index in [9.17, 15) is 14.9 Å². The lowest BCUT2D eigenvalue weighted by Crippen LogP contribution is -2.01. The normalized spacial score (nSPS) is 10.1. The van der Waals surface area contributed by atoms with Crippen LogP contribution < -0.4 is 4.74 Å². The van der Waals surface area contributed by atoms with E-state index in [1.54, 1.807) is 6.92 Å². The number of aromatic nitrogens is 2. The van der Waals surface area contributed by atoms with Crippen molar-refractivity contribution in [3.63, 3.8) is 0 Å². The lowest BCUT2D eigenvalue weighted by molar-refractivity contribution is -0.385. The summed E-state index contributed by atoms with van der Waals surface area (Å²) < 4.78 is 5.32. The largest absolute Gasteiger partial charge is 0.478 e. The Hall–Kier alpha value is -3.03. The van der Waals surface area contributed by atoms with Crippen molar-refractivity contribution in [2.45, 2.75) is 6.92 Å². The van der Waals surface area contributed by atoms with E-state index in [4.69, 9.17) is 9.84 Å². The summed E-state index contributed by atoms with van der Waals surface area (Å²) in [6.07, 6.45) is 2.19. The van der Waals surface area contributed by atoms with Crippen LogP contribution in [0.5, 0.6) is 11.8 Å². The van der Waals surface area contributed by atoms with Crippen molar-refractivity contribution in [3.05, 3.63) is 51.8 Å². The second-order valence-corrected chi connectivity index (χ2v) is 3.82. The zero-order valence-corrected chi connectivity index (χ0v) is 10.3. The van der Waals surface area contributed by atoms with Crippen LogP contribution in [-0.2, 0) is 0 Å². The first-order chi connectivity index (χ1) is 9.49. The van der Waals surface area contributed by atoms with Crippen LogP contribution in [0.15, 0.2) is 30.6 Å². The first kappa shape index (κ1) is 13.4. The van der Waals surface area contributed by atoms with Crippen molar-refractivity contribution in [2.24, 2.45) is 0 Å². The monoisotopic (exact) mass is 275 g/mol. The molecule has 1 aromatic heterocycles. The first-order valence-electron chi connectivity index (χ1n) is 5.46. The minimum Gasteiger partial charge on any atom is -0.478 e. The van der Waals surface area contributed by atoms with Crippen LogP contribution in [0.1, 0.15) is 15.9 Å². The number of ether oxygens (including phenoxy) is 1. The quantitative estimate of drug-likeness (QED) is 0.671. The number of aromatic carboxylic acids is 1. The molecule has 8 nitrogen and oxygen atoms in total. The number of nitro benzene ring substituents is 1. The van der Waals surface area contributed by atoms with Gasteiger partial charge in [0.2, 0.25) is 0 Å². The van der Waals surface area contributed by atoms with Gasteiger partial charge in [-0.2, -0.15) is 0 Å². The summed E-state index contributed by atoms with van der Waals surface area (Å²) in [6, 6.07) is 4.29. The van der Waals surface area contributed by atoms with Crippen molar-refractivity contribution in [2.75, 3.05) is 0 Å². The molecule has 1 aromatic carbocycles. The fourth-order valence-corrected chi connectivity index (χ4v) is 1.49. The number of nitrogens with zero attached hydrogens (tertiary/aromatic N) is 3.